The molecule has 0 aliphatic heterocycles. The van der Waals surface area contributed by atoms with Gasteiger partial charge in [0, 0.05) is 19.3 Å². The zero-order valence-electron chi connectivity index (χ0n) is 47.2. The van der Waals surface area contributed by atoms with Crippen LogP contribution >= 0.6 is 0 Å². The molecular weight excluding hydrogens is 889 g/mol. The molecule has 0 saturated carbocycles. The van der Waals surface area contributed by atoms with Gasteiger partial charge in [0.2, 0.25) is 0 Å². The van der Waals surface area contributed by atoms with Gasteiger partial charge < -0.3 is 14.2 Å². The molecule has 0 aromatic rings. The molecule has 0 rings (SSSR count). The maximum Gasteiger partial charge on any atom is 0.306 e. The average Bonchev–Trinajstić information content (AvgIpc) is 3.38. The van der Waals surface area contributed by atoms with Crippen molar-refractivity contribution in [1.29, 1.82) is 0 Å². The summed E-state index contributed by atoms with van der Waals surface area (Å²) in [5.74, 6) is -0.922. The molecule has 6 nitrogen and oxygen atoms in total. The molecule has 0 amide bonds. The summed E-state index contributed by atoms with van der Waals surface area (Å²) < 4.78 is 16.9. The minimum absolute atomic E-state index is 0.0915. The Balaban J connectivity index is 4.34. The van der Waals surface area contributed by atoms with E-state index >= 15 is 0 Å². The molecule has 0 aliphatic carbocycles. The van der Waals surface area contributed by atoms with Gasteiger partial charge >= 0.3 is 17.9 Å². The quantitative estimate of drug-likeness (QED) is 0.0261. The number of hydrogen-bond donors (Lipinski definition) is 0. The zero-order valence-corrected chi connectivity index (χ0v) is 47.2. The molecule has 1 unspecified atom stereocenters. The van der Waals surface area contributed by atoms with Gasteiger partial charge in [-0.1, -0.05) is 246 Å². The van der Waals surface area contributed by atoms with Crippen molar-refractivity contribution in [3.8, 4) is 0 Å². The molecule has 0 N–H and O–H groups in total. The summed E-state index contributed by atoms with van der Waals surface area (Å²) in [5.41, 5.74) is 0. The highest BCUT2D eigenvalue weighted by molar-refractivity contribution is 5.71. The van der Waals surface area contributed by atoms with Gasteiger partial charge in [-0.3, -0.25) is 14.4 Å². The van der Waals surface area contributed by atoms with Crippen molar-refractivity contribution in [1.82, 2.24) is 0 Å². The first-order valence-electron chi connectivity index (χ1n) is 30.2. The molecule has 72 heavy (non-hydrogen) atoms. The second kappa shape index (κ2) is 59.9. The van der Waals surface area contributed by atoms with Gasteiger partial charge in [-0.15, -0.1) is 0 Å². The Morgan fingerprint density at radius 3 is 0.889 bits per heavy atom. The number of esters is 3. The van der Waals surface area contributed by atoms with Gasteiger partial charge in [-0.25, -0.2) is 0 Å². The van der Waals surface area contributed by atoms with Gasteiger partial charge in [0.05, 0.1) is 0 Å². The van der Waals surface area contributed by atoms with E-state index in [0.29, 0.717) is 19.3 Å². The average molecular weight is 1000 g/mol. The van der Waals surface area contributed by atoms with Crippen LogP contribution in [0.15, 0.2) is 97.2 Å². The number of rotatable bonds is 54. The van der Waals surface area contributed by atoms with Crippen LogP contribution in [0.3, 0.4) is 0 Å². The van der Waals surface area contributed by atoms with Gasteiger partial charge in [-0.05, 0) is 116 Å². The lowest BCUT2D eigenvalue weighted by Gasteiger charge is -2.18. The van der Waals surface area contributed by atoms with Crippen LogP contribution in [-0.4, -0.2) is 37.2 Å². The Bertz CT molecular complexity index is 1430. The maximum absolute atomic E-state index is 12.9. The van der Waals surface area contributed by atoms with E-state index < -0.39 is 6.10 Å². The molecule has 0 saturated heterocycles. The van der Waals surface area contributed by atoms with Crippen molar-refractivity contribution in [3.05, 3.63) is 97.2 Å². The number of hydrogen-bond acceptors (Lipinski definition) is 6. The van der Waals surface area contributed by atoms with Crippen molar-refractivity contribution >= 4 is 17.9 Å². The third kappa shape index (κ3) is 57.2. The van der Waals surface area contributed by atoms with Crippen LogP contribution in [0.2, 0.25) is 0 Å². The second-order valence-electron chi connectivity index (χ2n) is 19.9. The Morgan fingerprint density at radius 1 is 0.292 bits per heavy atom. The largest absolute Gasteiger partial charge is 0.462 e. The third-order valence-electron chi connectivity index (χ3n) is 12.8. The number of allylic oxidation sites excluding steroid dienone is 16. The summed E-state index contributed by atoms with van der Waals surface area (Å²) in [6.07, 6.45) is 79.7. The molecule has 0 radical (unpaired) electrons. The lowest BCUT2D eigenvalue weighted by Crippen LogP contribution is -2.30. The fraction of sp³-hybridized carbons (Fsp3) is 0.712. The van der Waals surface area contributed by atoms with Crippen LogP contribution in [0.25, 0.3) is 0 Å². The smallest absolute Gasteiger partial charge is 0.306 e. The highest BCUT2D eigenvalue weighted by Crippen LogP contribution is 2.15. The fourth-order valence-electron chi connectivity index (χ4n) is 8.25. The van der Waals surface area contributed by atoms with Crippen LogP contribution in [0.5, 0.6) is 0 Å². The first-order valence-corrected chi connectivity index (χ1v) is 30.2. The summed E-state index contributed by atoms with van der Waals surface area (Å²) in [7, 11) is 0. The number of carbonyl (C=O) groups excluding carboxylic acids is 3. The lowest BCUT2D eigenvalue weighted by molar-refractivity contribution is -0.167. The van der Waals surface area contributed by atoms with Crippen LogP contribution in [-0.2, 0) is 28.6 Å². The molecule has 412 valence electrons. The van der Waals surface area contributed by atoms with E-state index in [1.807, 2.05) is 0 Å². The van der Waals surface area contributed by atoms with E-state index in [4.69, 9.17) is 14.2 Å². The van der Waals surface area contributed by atoms with Crippen molar-refractivity contribution in [2.24, 2.45) is 0 Å². The molecule has 0 aliphatic rings. The topological polar surface area (TPSA) is 78.9 Å². The van der Waals surface area contributed by atoms with E-state index in [1.54, 1.807) is 0 Å². The third-order valence-corrected chi connectivity index (χ3v) is 12.8. The van der Waals surface area contributed by atoms with Crippen molar-refractivity contribution in [2.45, 2.75) is 290 Å². The van der Waals surface area contributed by atoms with Gasteiger partial charge in [0.25, 0.3) is 0 Å². The summed E-state index contributed by atoms with van der Waals surface area (Å²) in [6.45, 7) is 6.46. The summed E-state index contributed by atoms with van der Waals surface area (Å²) in [4.78, 5) is 38.2. The molecule has 0 heterocycles. The van der Waals surface area contributed by atoms with Crippen molar-refractivity contribution in [2.75, 3.05) is 13.2 Å². The molecule has 0 aromatic carbocycles. The zero-order chi connectivity index (χ0) is 52.2. The lowest BCUT2D eigenvalue weighted by atomic mass is 10.1. The number of unbranched alkanes of at least 4 members (excludes halogenated alkanes) is 27. The monoisotopic (exact) mass is 1000 g/mol. The molecule has 0 fully saturated rings. The standard InChI is InChI=1S/C66H112O6/c1-4-7-10-13-16-19-22-25-28-29-30-31-32-33-34-35-36-37-39-41-44-47-50-53-56-59-65(68)71-62-63(61-70-64(67)58-55-52-49-46-43-40-27-24-21-18-15-12-9-6-3)72-66(69)60-57-54-51-48-45-42-38-26-23-20-17-14-11-8-5-2/h8,11,15,17-18,20,22,24-27,29-30,32-33,38,63H,4-7,9-10,12-14,16,19,21,23,28,31,34-37,39-62H2,1-3H3/b11-8-,18-15-,20-17-,25-22-,27-24-,30-29-,33-32-,38-26-. The SMILES string of the molecule is CC/C=C\C/C=C\C/C=C\CCCCCCCC(=O)OC(COC(=O)CCCCCCC/C=C\C/C=C\CCCC)COC(=O)CCCCCCCCCCCC/C=C\C/C=C\C/C=C\CCCCCCC. The van der Waals surface area contributed by atoms with E-state index in [2.05, 4.69) is 118 Å². The van der Waals surface area contributed by atoms with Gasteiger partial charge in [0.15, 0.2) is 6.10 Å². The minimum Gasteiger partial charge on any atom is -0.462 e. The predicted molar refractivity (Wildman–Crippen MR) is 311 cm³/mol. The van der Waals surface area contributed by atoms with E-state index in [0.717, 1.165) is 135 Å². The Hall–Kier alpha value is -3.67. The van der Waals surface area contributed by atoms with Crippen molar-refractivity contribution in [3.63, 3.8) is 0 Å². The first kappa shape index (κ1) is 68.3. The first-order chi connectivity index (χ1) is 35.5. The molecule has 0 bridgehead atoms. The second-order valence-corrected chi connectivity index (χ2v) is 19.9. The van der Waals surface area contributed by atoms with E-state index in [-0.39, 0.29) is 31.1 Å². The van der Waals surface area contributed by atoms with Gasteiger partial charge in [0.1, 0.15) is 13.2 Å². The normalized spacial score (nSPS) is 12.8. The molecule has 0 spiro atoms. The predicted octanol–water partition coefficient (Wildman–Crippen LogP) is 20.5. The van der Waals surface area contributed by atoms with Gasteiger partial charge in [-0.2, -0.15) is 0 Å². The molecule has 6 heteroatoms. The fourth-order valence-corrected chi connectivity index (χ4v) is 8.25. The summed E-state index contributed by atoms with van der Waals surface area (Å²) in [5, 5.41) is 0. The summed E-state index contributed by atoms with van der Waals surface area (Å²) in [6, 6.07) is 0. The number of ether oxygens (including phenoxy) is 3. The molecular formula is C66H112O6. The van der Waals surface area contributed by atoms with Crippen LogP contribution in [0.4, 0.5) is 0 Å². The van der Waals surface area contributed by atoms with Crippen molar-refractivity contribution < 1.29 is 28.6 Å². The van der Waals surface area contributed by atoms with Crippen LogP contribution in [0.1, 0.15) is 284 Å². The Labute approximate surface area is 445 Å². The molecule has 0 aromatic heterocycles. The van der Waals surface area contributed by atoms with E-state index in [1.165, 1.54) is 109 Å². The van der Waals surface area contributed by atoms with Crippen LogP contribution in [0, 0.1) is 0 Å². The van der Waals surface area contributed by atoms with Crippen LogP contribution < -0.4 is 0 Å². The Kier molecular flexibility index (Phi) is 56.8. The molecule has 1 atom stereocenters. The minimum atomic E-state index is -0.796. The number of carbonyl (C=O) groups is 3. The Morgan fingerprint density at radius 2 is 0.556 bits per heavy atom. The highest BCUT2D eigenvalue weighted by atomic mass is 16.6. The highest BCUT2D eigenvalue weighted by Gasteiger charge is 2.19. The maximum atomic E-state index is 12.9. The van der Waals surface area contributed by atoms with E-state index in [9.17, 15) is 14.4 Å². The summed E-state index contributed by atoms with van der Waals surface area (Å²) >= 11 is 0.